The summed E-state index contributed by atoms with van der Waals surface area (Å²) in [7, 11) is 3.14. The Morgan fingerprint density at radius 3 is 2.83 bits per heavy atom. The van der Waals surface area contributed by atoms with Crippen molar-refractivity contribution in [3.05, 3.63) is 30.0 Å². The normalized spacial score (nSPS) is 16.8. The molecule has 1 aliphatic heterocycles. The van der Waals surface area contributed by atoms with Crippen LogP contribution in [-0.2, 0) is 4.74 Å². The number of hydrogen-bond donors (Lipinski definition) is 1. The number of nitrogens with one attached hydrogen (secondary N) is 1. The summed E-state index contributed by atoms with van der Waals surface area (Å²) in [5, 5.41) is 6.76. The highest BCUT2D eigenvalue weighted by Gasteiger charge is 2.19. The summed E-state index contributed by atoms with van der Waals surface area (Å²) in [4.78, 5) is 12.1. The molecule has 1 aromatic carbocycles. The lowest BCUT2D eigenvalue weighted by Gasteiger charge is -2.09. The fraction of sp³-hybridized carbons (Fsp3) is 0.412. The lowest BCUT2D eigenvalue weighted by Crippen LogP contribution is -2.31. The molecule has 0 saturated carbocycles. The van der Waals surface area contributed by atoms with Crippen molar-refractivity contribution in [1.29, 1.82) is 0 Å². The number of amides is 1. The third-order valence-electron chi connectivity index (χ3n) is 3.93. The van der Waals surface area contributed by atoms with E-state index in [2.05, 4.69) is 10.5 Å². The molecule has 1 amide bonds. The van der Waals surface area contributed by atoms with Gasteiger partial charge in [-0.2, -0.15) is 0 Å². The highest BCUT2D eigenvalue weighted by molar-refractivity contribution is 5.92. The van der Waals surface area contributed by atoms with E-state index in [9.17, 15) is 4.79 Å². The molecule has 1 atom stereocenters. The average Bonchev–Trinajstić information content (AvgIpc) is 3.30. The number of hydrogen-bond acceptors (Lipinski definition) is 6. The molecule has 0 aliphatic carbocycles. The van der Waals surface area contributed by atoms with Gasteiger partial charge in [-0.15, -0.1) is 0 Å². The lowest BCUT2D eigenvalue weighted by atomic mass is 10.1. The van der Waals surface area contributed by atoms with Crippen molar-refractivity contribution in [2.45, 2.75) is 18.9 Å². The summed E-state index contributed by atoms with van der Waals surface area (Å²) < 4.78 is 21.1. The van der Waals surface area contributed by atoms with E-state index in [1.165, 1.54) is 0 Å². The van der Waals surface area contributed by atoms with Crippen LogP contribution in [0.25, 0.3) is 11.3 Å². The average molecular weight is 332 g/mol. The van der Waals surface area contributed by atoms with Gasteiger partial charge in [-0.25, -0.2) is 0 Å². The van der Waals surface area contributed by atoms with Crippen LogP contribution in [0.1, 0.15) is 23.4 Å². The zero-order chi connectivity index (χ0) is 16.9. The zero-order valence-electron chi connectivity index (χ0n) is 13.7. The topological polar surface area (TPSA) is 82.8 Å². The molecule has 2 aromatic rings. The quantitative estimate of drug-likeness (QED) is 0.874. The second kappa shape index (κ2) is 7.35. The minimum atomic E-state index is -0.301. The third kappa shape index (κ3) is 3.51. The Kier molecular flexibility index (Phi) is 5.00. The van der Waals surface area contributed by atoms with E-state index < -0.39 is 0 Å². The van der Waals surface area contributed by atoms with Crippen molar-refractivity contribution in [3.63, 3.8) is 0 Å². The predicted molar refractivity (Wildman–Crippen MR) is 86.4 cm³/mol. The van der Waals surface area contributed by atoms with Crippen molar-refractivity contribution in [1.82, 2.24) is 10.5 Å². The van der Waals surface area contributed by atoms with Crippen LogP contribution in [-0.4, -0.2) is 44.5 Å². The maximum absolute atomic E-state index is 12.1. The van der Waals surface area contributed by atoms with Crippen LogP contribution >= 0.6 is 0 Å². The molecule has 7 nitrogen and oxygen atoms in total. The standard InChI is InChI=1S/C17H20N2O5/c1-21-14-6-5-11(8-15(14)22-2)13-9-16(24-19-13)17(20)18-10-12-4-3-7-23-12/h5-6,8-9,12H,3-4,7,10H2,1-2H3,(H,18,20)/t12-/m0/s1. The molecule has 1 N–H and O–H groups in total. The SMILES string of the molecule is COc1ccc(-c2cc(C(=O)NC[C@@H]3CCCO3)on2)cc1OC. The van der Waals surface area contributed by atoms with Gasteiger partial charge in [0.2, 0.25) is 5.76 Å². The maximum atomic E-state index is 12.1. The number of methoxy groups -OCH3 is 2. The lowest BCUT2D eigenvalue weighted by molar-refractivity contribution is 0.0828. The smallest absolute Gasteiger partial charge is 0.290 e. The number of carbonyl (C=O) groups is 1. The van der Waals surface area contributed by atoms with Gasteiger partial charge in [0.15, 0.2) is 11.5 Å². The first-order valence-corrected chi connectivity index (χ1v) is 7.80. The van der Waals surface area contributed by atoms with Crippen molar-refractivity contribution in [3.8, 4) is 22.8 Å². The van der Waals surface area contributed by atoms with E-state index in [1.807, 2.05) is 6.07 Å². The van der Waals surface area contributed by atoms with Crippen molar-refractivity contribution >= 4 is 5.91 Å². The highest BCUT2D eigenvalue weighted by atomic mass is 16.5. The van der Waals surface area contributed by atoms with Crippen LogP contribution in [0.15, 0.2) is 28.8 Å². The second-order valence-corrected chi connectivity index (χ2v) is 5.49. The van der Waals surface area contributed by atoms with E-state index in [4.69, 9.17) is 18.7 Å². The largest absolute Gasteiger partial charge is 0.493 e. The molecule has 7 heteroatoms. The van der Waals surface area contributed by atoms with Gasteiger partial charge >= 0.3 is 0 Å². The molecule has 2 heterocycles. The number of carbonyl (C=O) groups excluding carboxylic acids is 1. The summed E-state index contributed by atoms with van der Waals surface area (Å²) in [6.45, 7) is 1.23. The van der Waals surface area contributed by atoms with E-state index >= 15 is 0 Å². The number of ether oxygens (including phenoxy) is 3. The van der Waals surface area contributed by atoms with Crippen LogP contribution in [0.4, 0.5) is 0 Å². The molecular weight excluding hydrogens is 312 g/mol. The molecule has 0 spiro atoms. The van der Waals surface area contributed by atoms with Crippen molar-refractivity contribution in [2.24, 2.45) is 0 Å². The Balaban J connectivity index is 1.69. The summed E-state index contributed by atoms with van der Waals surface area (Å²) in [5.41, 5.74) is 1.33. The minimum Gasteiger partial charge on any atom is -0.493 e. The van der Waals surface area contributed by atoms with Crippen LogP contribution in [0, 0.1) is 0 Å². The summed E-state index contributed by atoms with van der Waals surface area (Å²) in [6.07, 6.45) is 2.09. The summed E-state index contributed by atoms with van der Waals surface area (Å²) >= 11 is 0. The Morgan fingerprint density at radius 2 is 2.12 bits per heavy atom. The van der Waals surface area contributed by atoms with Gasteiger partial charge in [0, 0.05) is 24.8 Å². The molecule has 128 valence electrons. The van der Waals surface area contributed by atoms with E-state index in [-0.39, 0.29) is 17.8 Å². The van der Waals surface area contributed by atoms with Gasteiger partial charge in [-0.05, 0) is 31.0 Å². The second-order valence-electron chi connectivity index (χ2n) is 5.49. The molecule has 3 rings (SSSR count). The number of aromatic nitrogens is 1. The van der Waals surface area contributed by atoms with Crippen molar-refractivity contribution < 1.29 is 23.5 Å². The Bertz CT molecular complexity index is 707. The summed E-state index contributed by atoms with van der Waals surface area (Å²) in [6, 6.07) is 6.99. The van der Waals surface area contributed by atoms with Gasteiger partial charge in [0.1, 0.15) is 5.69 Å². The number of nitrogens with zero attached hydrogens (tertiary/aromatic N) is 1. The van der Waals surface area contributed by atoms with Gasteiger partial charge < -0.3 is 24.1 Å². The minimum absolute atomic E-state index is 0.0854. The van der Waals surface area contributed by atoms with Gasteiger partial charge in [-0.3, -0.25) is 4.79 Å². The fourth-order valence-electron chi connectivity index (χ4n) is 2.61. The molecule has 1 fully saturated rings. The molecular formula is C17H20N2O5. The van der Waals surface area contributed by atoms with Crippen LogP contribution in [0.3, 0.4) is 0 Å². The molecule has 1 saturated heterocycles. The molecule has 24 heavy (non-hydrogen) atoms. The van der Waals surface area contributed by atoms with E-state index in [0.717, 1.165) is 25.0 Å². The highest BCUT2D eigenvalue weighted by Crippen LogP contribution is 2.32. The number of rotatable bonds is 6. The van der Waals surface area contributed by atoms with Crippen LogP contribution < -0.4 is 14.8 Å². The van der Waals surface area contributed by atoms with Gasteiger partial charge in [0.25, 0.3) is 5.91 Å². The molecule has 1 aromatic heterocycles. The molecule has 0 unspecified atom stereocenters. The third-order valence-corrected chi connectivity index (χ3v) is 3.93. The van der Waals surface area contributed by atoms with E-state index in [0.29, 0.717) is 23.7 Å². The fourth-order valence-corrected chi connectivity index (χ4v) is 2.61. The Hall–Kier alpha value is -2.54. The van der Waals surface area contributed by atoms with Crippen LogP contribution in [0.5, 0.6) is 11.5 Å². The first kappa shape index (κ1) is 16.3. The van der Waals surface area contributed by atoms with Crippen molar-refractivity contribution in [2.75, 3.05) is 27.4 Å². The van der Waals surface area contributed by atoms with Crippen LogP contribution in [0.2, 0.25) is 0 Å². The zero-order valence-corrected chi connectivity index (χ0v) is 13.7. The molecule has 0 bridgehead atoms. The van der Waals surface area contributed by atoms with Gasteiger partial charge in [-0.1, -0.05) is 5.16 Å². The first-order chi connectivity index (χ1) is 11.7. The Labute approximate surface area is 139 Å². The summed E-state index contributed by atoms with van der Waals surface area (Å²) in [5.74, 6) is 1.07. The van der Waals surface area contributed by atoms with Gasteiger partial charge in [0.05, 0.1) is 20.3 Å². The van der Waals surface area contributed by atoms with E-state index in [1.54, 1.807) is 32.4 Å². The predicted octanol–water partition coefficient (Wildman–Crippen LogP) is 2.27. The maximum Gasteiger partial charge on any atom is 0.290 e. The molecule has 0 radical (unpaired) electrons. The monoisotopic (exact) mass is 332 g/mol. The Morgan fingerprint density at radius 1 is 1.29 bits per heavy atom. The number of benzene rings is 1. The molecule has 1 aliphatic rings. The first-order valence-electron chi connectivity index (χ1n) is 7.80.